The molecule has 1 N–H and O–H groups in total. The number of hydrogen-bond donors (Lipinski definition) is 1. The quantitative estimate of drug-likeness (QED) is 0.926. The third-order valence-electron chi connectivity index (χ3n) is 4.37. The maximum Gasteiger partial charge on any atom is 0.227 e. The molecule has 0 radical (unpaired) electrons. The molecule has 1 aliphatic rings. The summed E-state index contributed by atoms with van der Waals surface area (Å²) in [4.78, 5) is 16.7. The predicted octanol–water partition coefficient (Wildman–Crippen LogP) is 2.73. The third-order valence-corrected chi connectivity index (χ3v) is 4.37. The van der Waals surface area contributed by atoms with Gasteiger partial charge in [0.1, 0.15) is 0 Å². The van der Waals surface area contributed by atoms with Crippen LogP contribution in [0.15, 0.2) is 18.2 Å². The first-order valence-corrected chi connectivity index (χ1v) is 7.86. The summed E-state index contributed by atoms with van der Waals surface area (Å²) in [5.41, 5.74) is 3.40. The van der Waals surface area contributed by atoms with Crippen LogP contribution in [-0.4, -0.2) is 44.0 Å². The number of carbonyl (C=O) groups is 1. The molecule has 1 unspecified atom stereocenters. The first-order valence-electron chi connectivity index (χ1n) is 7.86. The van der Waals surface area contributed by atoms with E-state index in [2.05, 4.69) is 41.2 Å². The zero-order chi connectivity index (χ0) is 15.4. The predicted molar refractivity (Wildman–Crippen MR) is 89.0 cm³/mol. The van der Waals surface area contributed by atoms with Crippen LogP contribution in [0.2, 0.25) is 0 Å². The number of likely N-dealkylation sites (N-methyl/N-ethyl adjacent to an activating group) is 1. The Morgan fingerprint density at radius 3 is 2.52 bits per heavy atom. The van der Waals surface area contributed by atoms with Crippen molar-refractivity contribution in [3.8, 4) is 0 Å². The molecule has 1 fully saturated rings. The van der Waals surface area contributed by atoms with E-state index in [1.165, 1.54) is 11.3 Å². The molecule has 0 bridgehead atoms. The molecule has 1 aromatic rings. The van der Waals surface area contributed by atoms with Crippen molar-refractivity contribution in [2.45, 2.75) is 27.2 Å². The lowest BCUT2D eigenvalue weighted by molar-refractivity contribution is -0.119. The lowest BCUT2D eigenvalue weighted by atomic mass is 10.1. The summed E-state index contributed by atoms with van der Waals surface area (Å²) in [5, 5.41) is 3.00. The average Bonchev–Trinajstić information content (AvgIpc) is 2.47. The maximum absolute atomic E-state index is 12.0. The van der Waals surface area contributed by atoms with Crippen molar-refractivity contribution >= 4 is 17.3 Å². The van der Waals surface area contributed by atoms with Gasteiger partial charge < -0.3 is 15.1 Å². The van der Waals surface area contributed by atoms with Crippen LogP contribution in [0.4, 0.5) is 11.4 Å². The first-order chi connectivity index (χ1) is 10.0. The molecule has 0 spiro atoms. The Hall–Kier alpha value is -1.55. The van der Waals surface area contributed by atoms with Gasteiger partial charge >= 0.3 is 0 Å². The fourth-order valence-electron chi connectivity index (χ4n) is 2.59. The van der Waals surface area contributed by atoms with E-state index in [9.17, 15) is 4.79 Å². The van der Waals surface area contributed by atoms with Crippen molar-refractivity contribution in [3.05, 3.63) is 23.8 Å². The van der Waals surface area contributed by atoms with Gasteiger partial charge in [0.05, 0.1) is 0 Å². The van der Waals surface area contributed by atoms with E-state index in [1.807, 2.05) is 19.9 Å². The second-order valence-electron chi connectivity index (χ2n) is 6.09. The van der Waals surface area contributed by atoms with Gasteiger partial charge in [-0.25, -0.2) is 0 Å². The van der Waals surface area contributed by atoms with Gasteiger partial charge in [0, 0.05) is 43.5 Å². The Kier molecular flexibility index (Phi) is 5.23. The molecule has 4 nitrogen and oxygen atoms in total. The summed E-state index contributed by atoms with van der Waals surface area (Å²) in [7, 11) is 2.16. The number of nitrogens with zero attached hydrogens (tertiary/aromatic N) is 2. The minimum absolute atomic E-state index is 0.0580. The van der Waals surface area contributed by atoms with Crippen LogP contribution < -0.4 is 10.2 Å². The van der Waals surface area contributed by atoms with E-state index < -0.39 is 0 Å². The van der Waals surface area contributed by atoms with Crippen molar-refractivity contribution in [3.63, 3.8) is 0 Å². The fourth-order valence-corrected chi connectivity index (χ4v) is 2.59. The van der Waals surface area contributed by atoms with Crippen LogP contribution in [0.5, 0.6) is 0 Å². The normalized spacial score (nSPS) is 17.6. The molecule has 1 atom stereocenters. The van der Waals surface area contributed by atoms with Gasteiger partial charge in [0.15, 0.2) is 0 Å². The molecule has 0 aliphatic carbocycles. The summed E-state index contributed by atoms with van der Waals surface area (Å²) in [6.07, 6.45) is 0.865. The van der Waals surface area contributed by atoms with Crippen LogP contribution in [0.3, 0.4) is 0 Å². The molecular formula is C17H27N3O. The Morgan fingerprint density at radius 2 is 1.95 bits per heavy atom. The number of carbonyl (C=O) groups excluding carboxylic acids is 1. The second kappa shape index (κ2) is 6.94. The van der Waals surface area contributed by atoms with Gasteiger partial charge in [-0.1, -0.05) is 13.8 Å². The topological polar surface area (TPSA) is 35.6 Å². The van der Waals surface area contributed by atoms with Crippen molar-refractivity contribution < 1.29 is 4.79 Å². The summed E-state index contributed by atoms with van der Waals surface area (Å²) in [5.74, 6) is 0.159. The van der Waals surface area contributed by atoms with E-state index >= 15 is 0 Å². The molecule has 1 aromatic carbocycles. The summed E-state index contributed by atoms with van der Waals surface area (Å²) in [6.45, 7) is 10.4. The van der Waals surface area contributed by atoms with Crippen LogP contribution >= 0.6 is 0 Å². The highest BCUT2D eigenvalue weighted by molar-refractivity contribution is 5.92. The van der Waals surface area contributed by atoms with E-state index in [0.717, 1.165) is 38.3 Å². The smallest absolute Gasteiger partial charge is 0.227 e. The number of aryl methyl sites for hydroxylation is 1. The van der Waals surface area contributed by atoms with Gasteiger partial charge in [-0.15, -0.1) is 0 Å². The number of anilines is 2. The van der Waals surface area contributed by atoms with Crippen molar-refractivity contribution in [2.75, 3.05) is 43.4 Å². The van der Waals surface area contributed by atoms with E-state index in [-0.39, 0.29) is 11.8 Å². The standard InChI is InChI=1S/C17H27N3O/c1-5-13(2)17(21)18-15-6-7-16(14(3)12-15)20-10-8-19(4)9-11-20/h6-7,12-13H,5,8-11H2,1-4H3,(H,18,21). The molecule has 0 saturated carbocycles. The van der Waals surface area contributed by atoms with Gasteiger partial charge in [-0.2, -0.15) is 0 Å². The molecule has 21 heavy (non-hydrogen) atoms. The van der Waals surface area contributed by atoms with Crippen molar-refractivity contribution in [1.82, 2.24) is 4.90 Å². The molecule has 1 saturated heterocycles. The molecule has 4 heteroatoms. The number of hydrogen-bond acceptors (Lipinski definition) is 3. The fraction of sp³-hybridized carbons (Fsp3) is 0.588. The largest absolute Gasteiger partial charge is 0.369 e. The molecule has 1 amide bonds. The Morgan fingerprint density at radius 1 is 1.29 bits per heavy atom. The number of amides is 1. The molecular weight excluding hydrogens is 262 g/mol. The zero-order valence-electron chi connectivity index (χ0n) is 13.6. The van der Waals surface area contributed by atoms with Crippen molar-refractivity contribution in [1.29, 1.82) is 0 Å². The highest BCUT2D eigenvalue weighted by Crippen LogP contribution is 2.25. The number of piperazine rings is 1. The molecule has 2 rings (SSSR count). The van der Waals surface area contributed by atoms with Crippen LogP contribution in [0.25, 0.3) is 0 Å². The van der Waals surface area contributed by atoms with Crippen LogP contribution in [0.1, 0.15) is 25.8 Å². The first kappa shape index (κ1) is 15.8. The number of benzene rings is 1. The van der Waals surface area contributed by atoms with Crippen LogP contribution in [0, 0.1) is 12.8 Å². The maximum atomic E-state index is 12.0. The summed E-state index contributed by atoms with van der Waals surface area (Å²) < 4.78 is 0. The zero-order valence-corrected chi connectivity index (χ0v) is 13.6. The van der Waals surface area contributed by atoms with E-state index in [1.54, 1.807) is 0 Å². The molecule has 1 aliphatic heterocycles. The summed E-state index contributed by atoms with van der Waals surface area (Å²) in [6, 6.07) is 6.22. The van der Waals surface area contributed by atoms with Crippen molar-refractivity contribution in [2.24, 2.45) is 5.92 Å². The van der Waals surface area contributed by atoms with Gasteiger partial charge in [0.2, 0.25) is 5.91 Å². The Bertz CT molecular complexity index is 493. The Balaban J connectivity index is 2.05. The lowest BCUT2D eigenvalue weighted by Gasteiger charge is -2.35. The minimum atomic E-state index is 0.0580. The molecule has 0 aromatic heterocycles. The number of rotatable bonds is 4. The SMILES string of the molecule is CCC(C)C(=O)Nc1ccc(N2CCN(C)CC2)c(C)c1. The lowest BCUT2D eigenvalue weighted by Crippen LogP contribution is -2.44. The average molecular weight is 289 g/mol. The van der Waals surface area contributed by atoms with Gasteiger partial charge in [0.25, 0.3) is 0 Å². The highest BCUT2D eigenvalue weighted by Gasteiger charge is 2.16. The van der Waals surface area contributed by atoms with Crippen LogP contribution in [-0.2, 0) is 4.79 Å². The number of nitrogens with one attached hydrogen (secondary N) is 1. The molecule has 1 heterocycles. The minimum Gasteiger partial charge on any atom is -0.369 e. The monoisotopic (exact) mass is 289 g/mol. The second-order valence-corrected chi connectivity index (χ2v) is 6.09. The highest BCUT2D eigenvalue weighted by atomic mass is 16.1. The summed E-state index contributed by atoms with van der Waals surface area (Å²) >= 11 is 0. The van der Waals surface area contributed by atoms with Gasteiger partial charge in [-0.3, -0.25) is 4.79 Å². The van der Waals surface area contributed by atoms with Gasteiger partial charge in [-0.05, 0) is 44.2 Å². The third kappa shape index (κ3) is 3.97. The van der Waals surface area contributed by atoms with E-state index in [4.69, 9.17) is 0 Å². The Labute approximate surface area is 128 Å². The molecule has 116 valence electrons. The van der Waals surface area contributed by atoms with E-state index in [0.29, 0.717) is 0 Å².